The molecule has 2 rings (SSSR count). The van der Waals surface area contributed by atoms with Gasteiger partial charge in [0.2, 0.25) is 0 Å². The van der Waals surface area contributed by atoms with Gasteiger partial charge in [-0.2, -0.15) is 0 Å². The van der Waals surface area contributed by atoms with Gasteiger partial charge in [0.1, 0.15) is 5.82 Å². The molecule has 0 aromatic heterocycles. The summed E-state index contributed by atoms with van der Waals surface area (Å²) >= 11 is 6.24. The van der Waals surface area contributed by atoms with Gasteiger partial charge in [0, 0.05) is 16.6 Å². The number of halogens is 2. The maximum atomic E-state index is 14.2. The van der Waals surface area contributed by atoms with Crippen LogP contribution in [-0.4, -0.2) is 24.5 Å². The number of nitrogens with two attached hydrogens (primary N) is 1. The van der Waals surface area contributed by atoms with Gasteiger partial charge >= 0.3 is 0 Å². The van der Waals surface area contributed by atoms with Crippen molar-refractivity contribution in [3.05, 3.63) is 34.6 Å². The lowest BCUT2D eigenvalue weighted by molar-refractivity contribution is 0.0934. The maximum absolute atomic E-state index is 14.2. The van der Waals surface area contributed by atoms with Crippen molar-refractivity contribution < 1.29 is 4.39 Å². The SMILES string of the molecule is CCCN1CCCC(CN)C1c1c(F)cccc1Cl. The van der Waals surface area contributed by atoms with Crippen LogP contribution in [-0.2, 0) is 0 Å². The molecule has 1 heterocycles. The van der Waals surface area contributed by atoms with Crippen LogP contribution < -0.4 is 5.73 Å². The lowest BCUT2D eigenvalue weighted by Crippen LogP contribution is -2.42. The van der Waals surface area contributed by atoms with E-state index in [1.807, 2.05) is 0 Å². The van der Waals surface area contributed by atoms with E-state index >= 15 is 0 Å². The van der Waals surface area contributed by atoms with E-state index in [0.29, 0.717) is 17.1 Å². The second-order valence-electron chi connectivity index (χ2n) is 5.25. The van der Waals surface area contributed by atoms with Gasteiger partial charge < -0.3 is 5.73 Å². The monoisotopic (exact) mass is 284 g/mol. The Morgan fingerprint density at radius 3 is 2.89 bits per heavy atom. The van der Waals surface area contributed by atoms with E-state index in [0.717, 1.165) is 32.4 Å². The van der Waals surface area contributed by atoms with Crippen LogP contribution in [0.15, 0.2) is 18.2 Å². The summed E-state index contributed by atoms with van der Waals surface area (Å²) in [5.74, 6) is 0.0775. The van der Waals surface area contributed by atoms with Crippen molar-refractivity contribution in [2.24, 2.45) is 11.7 Å². The van der Waals surface area contributed by atoms with Crippen LogP contribution in [0.3, 0.4) is 0 Å². The predicted molar refractivity (Wildman–Crippen MR) is 77.8 cm³/mol. The Morgan fingerprint density at radius 2 is 2.26 bits per heavy atom. The van der Waals surface area contributed by atoms with Crippen molar-refractivity contribution in [3.63, 3.8) is 0 Å². The Morgan fingerprint density at radius 1 is 1.47 bits per heavy atom. The van der Waals surface area contributed by atoms with Gasteiger partial charge in [0.25, 0.3) is 0 Å². The summed E-state index contributed by atoms with van der Waals surface area (Å²) in [5, 5.41) is 0.520. The molecule has 0 amide bonds. The largest absolute Gasteiger partial charge is 0.330 e. The van der Waals surface area contributed by atoms with Crippen molar-refractivity contribution in [3.8, 4) is 0 Å². The summed E-state index contributed by atoms with van der Waals surface area (Å²) in [6.07, 6.45) is 3.23. The minimum absolute atomic E-state index is 0.0207. The molecule has 1 saturated heterocycles. The average Bonchev–Trinajstić information content (AvgIpc) is 2.40. The molecule has 1 fully saturated rings. The number of hydrogen-bond acceptors (Lipinski definition) is 2. The van der Waals surface area contributed by atoms with Crippen LogP contribution in [0.5, 0.6) is 0 Å². The molecule has 0 saturated carbocycles. The van der Waals surface area contributed by atoms with E-state index in [1.54, 1.807) is 12.1 Å². The van der Waals surface area contributed by atoms with Crippen LogP contribution in [0, 0.1) is 11.7 Å². The summed E-state index contributed by atoms with van der Waals surface area (Å²) in [6, 6.07) is 4.94. The summed E-state index contributed by atoms with van der Waals surface area (Å²) in [7, 11) is 0. The molecule has 0 radical (unpaired) electrons. The first-order chi connectivity index (χ1) is 9.19. The predicted octanol–water partition coefficient (Wildman–Crippen LogP) is 3.60. The Balaban J connectivity index is 2.39. The summed E-state index contributed by atoms with van der Waals surface area (Å²) in [6.45, 7) is 4.69. The molecule has 1 aromatic rings. The number of hydrogen-bond donors (Lipinski definition) is 1. The third-order valence-corrected chi connectivity index (χ3v) is 4.30. The topological polar surface area (TPSA) is 29.3 Å². The molecule has 0 aliphatic carbocycles. The lowest BCUT2D eigenvalue weighted by Gasteiger charge is -2.41. The lowest BCUT2D eigenvalue weighted by atomic mass is 9.84. The van der Waals surface area contributed by atoms with Gasteiger partial charge in [0.05, 0.1) is 0 Å². The highest BCUT2D eigenvalue weighted by atomic mass is 35.5. The average molecular weight is 285 g/mol. The van der Waals surface area contributed by atoms with Crippen molar-refractivity contribution in [1.82, 2.24) is 4.90 Å². The summed E-state index contributed by atoms with van der Waals surface area (Å²) < 4.78 is 14.2. The van der Waals surface area contributed by atoms with Gasteiger partial charge in [-0.3, -0.25) is 4.90 Å². The normalized spacial score (nSPS) is 24.6. The van der Waals surface area contributed by atoms with Gasteiger partial charge in [-0.25, -0.2) is 4.39 Å². The van der Waals surface area contributed by atoms with Crippen molar-refractivity contribution >= 4 is 11.6 Å². The molecule has 2 atom stereocenters. The molecule has 1 aromatic carbocycles. The fraction of sp³-hybridized carbons (Fsp3) is 0.600. The Bertz CT molecular complexity index is 402. The van der Waals surface area contributed by atoms with E-state index in [2.05, 4.69) is 11.8 Å². The summed E-state index contributed by atoms with van der Waals surface area (Å²) in [5.41, 5.74) is 6.53. The quantitative estimate of drug-likeness (QED) is 0.915. The smallest absolute Gasteiger partial charge is 0.129 e. The molecule has 19 heavy (non-hydrogen) atoms. The van der Waals surface area contributed by atoms with Gasteiger partial charge in [0.15, 0.2) is 0 Å². The molecule has 106 valence electrons. The molecular formula is C15H22ClFN2. The first-order valence-corrected chi connectivity index (χ1v) is 7.44. The minimum Gasteiger partial charge on any atom is -0.330 e. The van der Waals surface area contributed by atoms with Crippen molar-refractivity contribution in [2.45, 2.75) is 32.2 Å². The Hall–Kier alpha value is -0.640. The van der Waals surface area contributed by atoms with Crippen molar-refractivity contribution in [2.75, 3.05) is 19.6 Å². The maximum Gasteiger partial charge on any atom is 0.129 e. The van der Waals surface area contributed by atoms with Gasteiger partial charge in [-0.1, -0.05) is 24.6 Å². The zero-order valence-electron chi connectivity index (χ0n) is 11.4. The van der Waals surface area contributed by atoms with Crippen LogP contribution in [0.4, 0.5) is 4.39 Å². The molecule has 2 N–H and O–H groups in total. The van der Waals surface area contributed by atoms with E-state index in [1.165, 1.54) is 6.07 Å². The van der Waals surface area contributed by atoms with Crippen molar-refractivity contribution in [1.29, 1.82) is 0 Å². The molecule has 4 heteroatoms. The highest BCUT2D eigenvalue weighted by Gasteiger charge is 2.34. The number of nitrogens with zero attached hydrogens (tertiary/aromatic N) is 1. The highest BCUT2D eigenvalue weighted by Crippen LogP contribution is 2.39. The zero-order valence-corrected chi connectivity index (χ0v) is 12.2. The third kappa shape index (κ3) is 3.10. The molecule has 2 unspecified atom stereocenters. The van der Waals surface area contributed by atoms with E-state index < -0.39 is 0 Å². The fourth-order valence-electron chi connectivity index (χ4n) is 3.15. The fourth-order valence-corrected chi connectivity index (χ4v) is 3.42. The number of piperidine rings is 1. The second kappa shape index (κ2) is 6.69. The second-order valence-corrected chi connectivity index (χ2v) is 5.66. The zero-order chi connectivity index (χ0) is 13.8. The summed E-state index contributed by atoms with van der Waals surface area (Å²) in [4.78, 5) is 2.34. The standard InChI is InChI=1S/C15H22ClFN2/c1-2-8-19-9-4-5-11(10-18)15(19)14-12(16)6-3-7-13(14)17/h3,6-7,11,15H,2,4-5,8-10,18H2,1H3. The number of benzene rings is 1. The number of rotatable bonds is 4. The molecule has 0 spiro atoms. The van der Waals surface area contributed by atoms with Gasteiger partial charge in [-0.15, -0.1) is 0 Å². The number of likely N-dealkylation sites (tertiary alicyclic amines) is 1. The molecule has 1 aliphatic heterocycles. The first kappa shape index (κ1) is 14.8. The van der Waals surface area contributed by atoms with Crippen LogP contribution in [0.1, 0.15) is 37.8 Å². The van der Waals surface area contributed by atoms with E-state index in [9.17, 15) is 4.39 Å². The Kier molecular flexibility index (Phi) is 5.20. The molecule has 1 aliphatic rings. The van der Waals surface area contributed by atoms with E-state index in [-0.39, 0.29) is 17.8 Å². The first-order valence-electron chi connectivity index (χ1n) is 7.07. The molecule has 2 nitrogen and oxygen atoms in total. The third-order valence-electron chi connectivity index (χ3n) is 3.97. The molecular weight excluding hydrogens is 263 g/mol. The minimum atomic E-state index is -0.209. The van der Waals surface area contributed by atoms with Crippen LogP contribution >= 0.6 is 11.6 Å². The van der Waals surface area contributed by atoms with Gasteiger partial charge in [-0.05, 0) is 56.9 Å². The van der Waals surface area contributed by atoms with Crippen LogP contribution in [0.25, 0.3) is 0 Å². The van der Waals surface area contributed by atoms with E-state index in [4.69, 9.17) is 17.3 Å². The van der Waals surface area contributed by atoms with Crippen LogP contribution in [0.2, 0.25) is 5.02 Å². The molecule has 0 bridgehead atoms. The highest BCUT2D eigenvalue weighted by molar-refractivity contribution is 6.31. The Labute approximate surface area is 119 Å².